The van der Waals surface area contributed by atoms with Crippen LogP contribution >= 0.6 is 0 Å². The van der Waals surface area contributed by atoms with Crippen molar-refractivity contribution in [1.82, 2.24) is 15.0 Å². The number of ether oxygens (including phenoxy) is 2. The Hall–Kier alpha value is -1.63. The molecule has 0 aliphatic carbocycles. The topological polar surface area (TPSA) is 72.4 Å². The second-order valence-corrected chi connectivity index (χ2v) is 4.95. The lowest BCUT2D eigenvalue weighted by Gasteiger charge is -2.18. The molecule has 21 heavy (non-hydrogen) atoms. The molecule has 0 atom stereocenters. The molecule has 0 amide bonds. The highest BCUT2D eigenvalue weighted by Crippen LogP contribution is 2.15. The fourth-order valence-electron chi connectivity index (χ4n) is 1.54. The van der Waals surface area contributed by atoms with E-state index in [9.17, 15) is 0 Å². The maximum Gasteiger partial charge on any atom is 0.323 e. The molecule has 1 rings (SSSR count). The van der Waals surface area contributed by atoms with Crippen LogP contribution in [0.5, 0.6) is 6.01 Å². The van der Waals surface area contributed by atoms with Crippen molar-refractivity contribution in [3.63, 3.8) is 0 Å². The highest BCUT2D eigenvalue weighted by atomic mass is 16.5. The first-order valence-electron chi connectivity index (χ1n) is 7.52. The Balaban J connectivity index is 2.83. The van der Waals surface area contributed by atoms with Crippen molar-refractivity contribution in [2.24, 2.45) is 0 Å². The Bertz CT molecular complexity index is 414. The van der Waals surface area contributed by atoms with Gasteiger partial charge in [-0.15, -0.1) is 0 Å². The molecule has 1 aromatic heterocycles. The third-order valence-corrected chi connectivity index (χ3v) is 2.59. The van der Waals surface area contributed by atoms with Crippen molar-refractivity contribution in [2.75, 3.05) is 43.6 Å². The van der Waals surface area contributed by atoms with Crippen LogP contribution in [0.1, 0.15) is 34.1 Å². The highest BCUT2D eigenvalue weighted by molar-refractivity contribution is 5.37. The van der Waals surface area contributed by atoms with Gasteiger partial charge in [0.05, 0.1) is 12.7 Å². The van der Waals surface area contributed by atoms with Crippen LogP contribution in [0.3, 0.4) is 0 Å². The number of anilines is 2. The first-order chi connectivity index (χ1) is 10.1. The molecule has 0 saturated heterocycles. The Morgan fingerprint density at radius 2 is 1.95 bits per heavy atom. The predicted octanol–water partition coefficient (Wildman–Crippen LogP) is 1.95. The molecule has 0 fully saturated rings. The molecule has 0 spiro atoms. The van der Waals surface area contributed by atoms with Crippen LogP contribution in [0.25, 0.3) is 0 Å². The van der Waals surface area contributed by atoms with Crippen molar-refractivity contribution in [3.05, 3.63) is 0 Å². The van der Waals surface area contributed by atoms with Gasteiger partial charge in [-0.05, 0) is 27.2 Å². The van der Waals surface area contributed by atoms with Crippen molar-refractivity contribution < 1.29 is 9.47 Å². The van der Waals surface area contributed by atoms with Gasteiger partial charge in [0.15, 0.2) is 0 Å². The van der Waals surface area contributed by atoms with Gasteiger partial charge in [-0.1, -0.05) is 6.92 Å². The summed E-state index contributed by atoms with van der Waals surface area (Å²) >= 11 is 0. The van der Waals surface area contributed by atoms with Gasteiger partial charge in [-0.25, -0.2) is 0 Å². The minimum atomic E-state index is 0.0213. The minimum absolute atomic E-state index is 0.0213. The zero-order valence-corrected chi connectivity index (χ0v) is 13.7. The summed E-state index contributed by atoms with van der Waals surface area (Å²) in [6, 6.07) is 0.344. The van der Waals surface area contributed by atoms with E-state index in [2.05, 4.69) is 27.2 Å². The van der Waals surface area contributed by atoms with Crippen molar-refractivity contribution in [2.45, 2.75) is 40.2 Å². The summed E-state index contributed by atoms with van der Waals surface area (Å²) in [4.78, 5) is 15.0. The molecule has 120 valence electrons. The molecule has 0 aromatic carbocycles. The van der Waals surface area contributed by atoms with Crippen LogP contribution in [0.2, 0.25) is 0 Å². The van der Waals surface area contributed by atoms with E-state index in [0.717, 1.165) is 13.0 Å². The summed E-state index contributed by atoms with van der Waals surface area (Å²) in [7, 11) is 1.93. The first kappa shape index (κ1) is 17.4. The second-order valence-electron chi connectivity index (χ2n) is 4.95. The van der Waals surface area contributed by atoms with Crippen LogP contribution in [0.4, 0.5) is 11.9 Å². The summed E-state index contributed by atoms with van der Waals surface area (Å²) in [5, 5.41) is 3.17. The van der Waals surface area contributed by atoms with Crippen LogP contribution in [0.15, 0.2) is 0 Å². The van der Waals surface area contributed by atoms with Gasteiger partial charge in [-0.2, -0.15) is 15.0 Å². The third-order valence-electron chi connectivity index (χ3n) is 2.59. The largest absolute Gasteiger partial charge is 0.461 e. The minimum Gasteiger partial charge on any atom is -0.461 e. The van der Waals surface area contributed by atoms with Crippen molar-refractivity contribution in [3.8, 4) is 6.01 Å². The average Bonchev–Trinajstić information content (AvgIpc) is 2.44. The monoisotopic (exact) mass is 297 g/mol. The number of hydrogen-bond acceptors (Lipinski definition) is 7. The lowest BCUT2D eigenvalue weighted by molar-refractivity contribution is 0.154. The molecule has 1 heterocycles. The number of likely N-dealkylation sites (N-methyl/N-ethyl adjacent to an activating group) is 1. The maximum atomic E-state index is 5.59. The molecule has 0 saturated carbocycles. The average molecular weight is 297 g/mol. The Labute approximate surface area is 127 Å². The van der Waals surface area contributed by atoms with E-state index < -0.39 is 0 Å². The lowest BCUT2D eigenvalue weighted by atomic mass is 10.5. The number of nitrogens with zero attached hydrogens (tertiary/aromatic N) is 4. The summed E-state index contributed by atoms with van der Waals surface area (Å²) in [6.07, 6.45) is 1.02. The number of rotatable bonds is 10. The fraction of sp³-hybridized carbons (Fsp3) is 0.786. The molecule has 7 nitrogen and oxygen atoms in total. The van der Waals surface area contributed by atoms with Crippen LogP contribution in [-0.4, -0.2) is 54.4 Å². The van der Waals surface area contributed by atoms with Gasteiger partial charge in [0.25, 0.3) is 0 Å². The van der Waals surface area contributed by atoms with Crippen LogP contribution in [-0.2, 0) is 4.74 Å². The summed E-state index contributed by atoms with van der Waals surface area (Å²) in [5.74, 6) is 1.12. The second kappa shape index (κ2) is 9.33. The van der Waals surface area contributed by atoms with E-state index in [1.807, 2.05) is 32.7 Å². The summed E-state index contributed by atoms with van der Waals surface area (Å²) in [6.45, 7) is 10.8. The molecule has 0 aliphatic rings. The molecular weight excluding hydrogens is 270 g/mol. The SMILES string of the molecule is CCCNc1nc(OC(C)C)nc(N(C)CCOCC)n1. The Morgan fingerprint density at radius 1 is 1.19 bits per heavy atom. The Morgan fingerprint density at radius 3 is 2.57 bits per heavy atom. The zero-order chi connectivity index (χ0) is 15.7. The number of hydrogen-bond donors (Lipinski definition) is 1. The van der Waals surface area contributed by atoms with E-state index >= 15 is 0 Å². The van der Waals surface area contributed by atoms with E-state index in [-0.39, 0.29) is 6.10 Å². The van der Waals surface area contributed by atoms with Gasteiger partial charge >= 0.3 is 6.01 Å². The van der Waals surface area contributed by atoms with E-state index in [1.165, 1.54) is 0 Å². The quantitative estimate of drug-likeness (QED) is 0.662. The first-order valence-corrected chi connectivity index (χ1v) is 7.52. The standard InChI is InChI=1S/C14H27N5O2/c1-6-8-15-12-16-13(19(5)9-10-20-7-2)18-14(17-12)21-11(3)4/h11H,6-10H2,1-5H3,(H,15,16,17,18). The lowest BCUT2D eigenvalue weighted by Crippen LogP contribution is -2.26. The van der Waals surface area contributed by atoms with E-state index in [4.69, 9.17) is 9.47 Å². The van der Waals surface area contributed by atoms with Gasteiger partial charge < -0.3 is 19.7 Å². The van der Waals surface area contributed by atoms with Crippen molar-refractivity contribution in [1.29, 1.82) is 0 Å². The van der Waals surface area contributed by atoms with Gasteiger partial charge in [-0.3, -0.25) is 0 Å². The fourth-order valence-corrected chi connectivity index (χ4v) is 1.54. The normalized spacial score (nSPS) is 10.8. The molecular formula is C14H27N5O2. The molecule has 0 radical (unpaired) electrons. The third kappa shape index (κ3) is 6.57. The number of aromatic nitrogens is 3. The van der Waals surface area contributed by atoms with Gasteiger partial charge in [0, 0.05) is 26.7 Å². The van der Waals surface area contributed by atoms with Gasteiger partial charge in [0.2, 0.25) is 11.9 Å². The van der Waals surface area contributed by atoms with Crippen LogP contribution in [0, 0.1) is 0 Å². The summed E-state index contributed by atoms with van der Waals surface area (Å²) in [5.41, 5.74) is 0. The molecule has 0 aliphatic heterocycles. The predicted molar refractivity (Wildman–Crippen MR) is 84.1 cm³/mol. The van der Waals surface area contributed by atoms with Gasteiger partial charge in [0.1, 0.15) is 0 Å². The van der Waals surface area contributed by atoms with Crippen molar-refractivity contribution >= 4 is 11.9 Å². The maximum absolute atomic E-state index is 5.59. The molecule has 1 N–H and O–H groups in total. The van der Waals surface area contributed by atoms with E-state index in [1.54, 1.807) is 0 Å². The van der Waals surface area contributed by atoms with E-state index in [0.29, 0.717) is 37.7 Å². The molecule has 0 bridgehead atoms. The smallest absolute Gasteiger partial charge is 0.323 e. The molecule has 0 unspecified atom stereocenters. The van der Waals surface area contributed by atoms with Crippen LogP contribution < -0.4 is 15.0 Å². The number of nitrogens with one attached hydrogen (secondary N) is 1. The summed E-state index contributed by atoms with van der Waals surface area (Å²) < 4.78 is 10.9. The highest BCUT2D eigenvalue weighted by Gasteiger charge is 2.12. The molecule has 1 aromatic rings. The zero-order valence-electron chi connectivity index (χ0n) is 13.7. The molecule has 7 heteroatoms. The Kier molecular flexibility index (Phi) is 7.74.